The van der Waals surface area contributed by atoms with Gasteiger partial charge in [0.05, 0.1) is 19.3 Å². The molecule has 1 atom stereocenters. The number of ether oxygens (including phenoxy) is 1. The summed E-state index contributed by atoms with van der Waals surface area (Å²) in [5.41, 5.74) is 0.494. The van der Waals surface area contributed by atoms with E-state index < -0.39 is 0 Å². The molecule has 1 aliphatic heterocycles. The van der Waals surface area contributed by atoms with Gasteiger partial charge in [0.1, 0.15) is 0 Å². The van der Waals surface area contributed by atoms with Crippen molar-refractivity contribution in [3.63, 3.8) is 0 Å². The van der Waals surface area contributed by atoms with Crippen LogP contribution in [0.3, 0.4) is 0 Å². The van der Waals surface area contributed by atoms with E-state index in [1.165, 1.54) is 25.7 Å². The quantitative estimate of drug-likeness (QED) is 0.706. The van der Waals surface area contributed by atoms with Crippen molar-refractivity contribution in [2.75, 3.05) is 13.2 Å². The van der Waals surface area contributed by atoms with Crippen molar-refractivity contribution in [2.45, 2.75) is 51.6 Å². The number of nitrogens with one attached hydrogen (secondary N) is 1. The van der Waals surface area contributed by atoms with Gasteiger partial charge in [-0.2, -0.15) is 0 Å². The number of rotatable bonds is 2. The van der Waals surface area contributed by atoms with Crippen LogP contribution in [0.25, 0.3) is 0 Å². The fourth-order valence-electron chi connectivity index (χ4n) is 2.42. The first-order valence-corrected chi connectivity index (χ1v) is 5.52. The van der Waals surface area contributed by atoms with Crippen LogP contribution in [0.2, 0.25) is 0 Å². The lowest BCUT2D eigenvalue weighted by molar-refractivity contribution is -0.0216. The predicted octanol–water partition coefficient (Wildman–Crippen LogP) is 1.94. The molecule has 2 aliphatic rings. The van der Waals surface area contributed by atoms with Gasteiger partial charge in [-0.25, -0.2) is 0 Å². The van der Waals surface area contributed by atoms with Crippen LogP contribution >= 0.6 is 0 Å². The molecule has 0 spiro atoms. The zero-order valence-electron chi connectivity index (χ0n) is 8.81. The van der Waals surface area contributed by atoms with Gasteiger partial charge in [-0.05, 0) is 18.3 Å². The molecule has 0 aromatic rings. The smallest absolute Gasteiger partial charge is 0.0643 e. The summed E-state index contributed by atoms with van der Waals surface area (Å²) in [5, 5.41) is 3.72. The first kappa shape index (κ1) is 9.47. The summed E-state index contributed by atoms with van der Waals surface area (Å²) in [5.74, 6) is 0. The van der Waals surface area contributed by atoms with E-state index >= 15 is 0 Å². The molecule has 1 heterocycles. The predicted molar refractivity (Wildman–Crippen MR) is 53.8 cm³/mol. The van der Waals surface area contributed by atoms with E-state index in [4.69, 9.17) is 4.74 Å². The second-order valence-corrected chi connectivity index (χ2v) is 5.19. The van der Waals surface area contributed by atoms with Gasteiger partial charge in [-0.3, -0.25) is 0 Å². The lowest BCUT2D eigenvalue weighted by atomic mass is 9.73. The topological polar surface area (TPSA) is 21.3 Å². The van der Waals surface area contributed by atoms with Crippen molar-refractivity contribution < 1.29 is 4.74 Å². The maximum Gasteiger partial charge on any atom is 0.0643 e. The molecule has 0 radical (unpaired) electrons. The minimum Gasteiger partial charge on any atom is -0.378 e. The molecule has 2 nitrogen and oxygen atoms in total. The summed E-state index contributed by atoms with van der Waals surface area (Å²) < 4.78 is 5.18. The van der Waals surface area contributed by atoms with Gasteiger partial charge in [0.15, 0.2) is 0 Å². The molecule has 0 amide bonds. The molecule has 0 aromatic carbocycles. The van der Waals surface area contributed by atoms with Crippen LogP contribution in [-0.2, 0) is 4.74 Å². The molecule has 76 valence electrons. The highest BCUT2D eigenvalue weighted by molar-refractivity contribution is 4.91. The molecule has 1 N–H and O–H groups in total. The Bertz CT molecular complexity index is 175. The van der Waals surface area contributed by atoms with Gasteiger partial charge >= 0.3 is 0 Å². The molecule has 2 fully saturated rings. The van der Waals surface area contributed by atoms with Crippen LogP contribution in [-0.4, -0.2) is 25.3 Å². The summed E-state index contributed by atoms with van der Waals surface area (Å²) >= 11 is 0. The lowest BCUT2D eigenvalue weighted by Crippen LogP contribution is -2.55. The van der Waals surface area contributed by atoms with Gasteiger partial charge in [0, 0.05) is 6.04 Å². The molecule has 2 rings (SSSR count). The van der Waals surface area contributed by atoms with E-state index in [1.54, 1.807) is 0 Å². The summed E-state index contributed by atoms with van der Waals surface area (Å²) in [6.07, 6.45) is 5.53. The fourth-order valence-corrected chi connectivity index (χ4v) is 2.42. The molecule has 1 saturated heterocycles. The van der Waals surface area contributed by atoms with Gasteiger partial charge in [0.25, 0.3) is 0 Å². The zero-order chi connectivity index (χ0) is 9.31. The van der Waals surface area contributed by atoms with Crippen molar-refractivity contribution >= 4 is 0 Å². The Balaban J connectivity index is 1.87. The molecule has 2 heteroatoms. The van der Waals surface area contributed by atoms with Crippen molar-refractivity contribution in [1.29, 1.82) is 0 Å². The van der Waals surface area contributed by atoms with E-state index in [2.05, 4.69) is 19.2 Å². The molecule has 1 unspecified atom stereocenters. The van der Waals surface area contributed by atoms with E-state index in [1.807, 2.05) is 0 Å². The highest BCUT2D eigenvalue weighted by atomic mass is 16.5. The van der Waals surface area contributed by atoms with Gasteiger partial charge in [0.2, 0.25) is 0 Å². The van der Waals surface area contributed by atoms with E-state index in [0.29, 0.717) is 11.5 Å². The Labute approximate surface area is 81.0 Å². The second kappa shape index (κ2) is 3.58. The molecular formula is C11H21NO. The fraction of sp³-hybridized carbons (Fsp3) is 1.00. The molecule has 0 aromatic heterocycles. The lowest BCUT2D eigenvalue weighted by Gasteiger charge is -2.43. The van der Waals surface area contributed by atoms with E-state index in [9.17, 15) is 0 Å². The summed E-state index contributed by atoms with van der Waals surface area (Å²) in [4.78, 5) is 0. The Kier molecular flexibility index (Phi) is 2.61. The van der Waals surface area contributed by atoms with Crippen LogP contribution in [0.1, 0.15) is 39.5 Å². The summed E-state index contributed by atoms with van der Waals surface area (Å²) in [6.45, 7) is 6.63. The average molecular weight is 183 g/mol. The van der Waals surface area contributed by atoms with Gasteiger partial charge in [-0.1, -0.05) is 26.7 Å². The Hall–Kier alpha value is -0.0800. The minimum absolute atomic E-state index is 0.494. The highest BCUT2D eigenvalue weighted by Crippen LogP contribution is 2.35. The van der Waals surface area contributed by atoms with Gasteiger partial charge < -0.3 is 10.1 Å². The second-order valence-electron chi connectivity index (χ2n) is 5.19. The normalized spacial score (nSPS) is 34.2. The maximum atomic E-state index is 5.18. The zero-order valence-corrected chi connectivity index (χ0v) is 8.81. The SMILES string of the molecule is CC1(C)CCCCC1NC1COC1. The minimum atomic E-state index is 0.494. The van der Waals surface area contributed by atoms with Gasteiger partial charge in [-0.15, -0.1) is 0 Å². The van der Waals surface area contributed by atoms with Crippen molar-refractivity contribution in [2.24, 2.45) is 5.41 Å². The third kappa shape index (κ3) is 2.05. The third-order valence-corrected chi connectivity index (χ3v) is 3.58. The molecule has 0 bridgehead atoms. The van der Waals surface area contributed by atoms with Crippen LogP contribution in [0.15, 0.2) is 0 Å². The Morgan fingerprint density at radius 3 is 2.54 bits per heavy atom. The van der Waals surface area contributed by atoms with E-state index in [-0.39, 0.29) is 0 Å². The molecule has 13 heavy (non-hydrogen) atoms. The van der Waals surface area contributed by atoms with E-state index in [0.717, 1.165) is 19.3 Å². The first-order chi connectivity index (χ1) is 6.18. The molecule has 1 aliphatic carbocycles. The Morgan fingerprint density at radius 1 is 1.23 bits per heavy atom. The van der Waals surface area contributed by atoms with Crippen molar-refractivity contribution in [3.05, 3.63) is 0 Å². The maximum absolute atomic E-state index is 5.18. The molecule has 1 saturated carbocycles. The Morgan fingerprint density at radius 2 is 2.00 bits per heavy atom. The summed E-state index contributed by atoms with van der Waals surface area (Å²) in [6, 6.07) is 1.36. The average Bonchev–Trinajstić information content (AvgIpc) is 1.98. The van der Waals surface area contributed by atoms with Crippen LogP contribution in [0.4, 0.5) is 0 Å². The monoisotopic (exact) mass is 183 g/mol. The highest BCUT2D eigenvalue weighted by Gasteiger charge is 2.34. The number of hydrogen-bond donors (Lipinski definition) is 1. The van der Waals surface area contributed by atoms with Crippen LogP contribution < -0.4 is 5.32 Å². The number of hydrogen-bond acceptors (Lipinski definition) is 2. The van der Waals surface area contributed by atoms with Crippen molar-refractivity contribution in [3.8, 4) is 0 Å². The van der Waals surface area contributed by atoms with Crippen molar-refractivity contribution in [1.82, 2.24) is 5.32 Å². The molecular weight excluding hydrogens is 162 g/mol. The van der Waals surface area contributed by atoms with Crippen LogP contribution in [0, 0.1) is 5.41 Å². The third-order valence-electron chi connectivity index (χ3n) is 3.58. The van der Waals surface area contributed by atoms with Crippen LogP contribution in [0.5, 0.6) is 0 Å². The standard InChI is InChI=1S/C11H21NO/c1-11(2)6-4-3-5-10(11)12-9-7-13-8-9/h9-10,12H,3-8H2,1-2H3. The first-order valence-electron chi connectivity index (χ1n) is 5.52. The largest absolute Gasteiger partial charge is 0.378 e. The summed E-state index contributed by atoms with van der Waals surface area (Å²) in [7, 11) is 0.